The molecule has 0 saturated carbocycles. The van der Waals surface area contributed by atoms with Crippen molar-refractivity contribution in [2.24, 2.45) is 7.05 Å². The summed E-state index contributed by atoms with van der Waals surface area (Å²) in [5.74, 6) is 1.43. The van der Waals surface area contributed by atoms with E-state index in [1.54, 1.807) is 47.4 Å². The third kappa shape index (κ3) is 2.96. The normalized spacial score (nSPS) is 10.6. The summed E-state index contributed by atoms with van der Waals surface area (Å²) in [6.45, 7) is 2.65. The molecule has 9 nitrogen and oxygen atoms in total. The molecule has 3 aromatic heterocycles. The largest absolute Gasteiger partial charge is 0.421 e. The Bertz CT molecular complexity index is 721. The molecule has 0 bridgehead atoms. The fourth-order valence-electron chi connectivity index (χ4n) is 1.68. The van der Waals surface area contributed by atoms with Crippen LogP contribution in [-0.2, 0) is 7.05 Å². The minimum atomic E-state index is 0.192. The van der Waals surface area contributed by atoms with Gasteiger partial charge in [0.25, 0.3) is 0 Å². The number of hydrogen-bond acceptors (Lipinski definition) is 7. The lowest BCUT2D eigenvalue weighted by atomic mass is 10.6. The average Bonchev–Trinajstić information content (AvgIpc) is 3.11. The number of aromatic nitrogens is 7. The first-order chi connectivity index (χ1) is 10.2. The SMILES string of the molecule is CCNc1nc(Oc2cnn(C)c2)nc(-n2ccnc2)n1. The van der Waals surface area contributed by atoms with E-state index in [1.165, 1.54) is 0 Å². The minimum Gasteiger partial charge on any atom is -0.421 e. The van der Waals surface area contributed by atoms with Crippen molar-refractivity contribution in [3.8, 4) is 17.7 Å². The molecule has 0 amide bonds. The van der Waals surface area contributed by atoms with Crippen molar-refractivity contribution in [2.75, 3.05) is 11.9 Å². The van der Waals surface area contributed by atoms with E-state index in [-0.39, 0.29) is 6.01 Å². The topological polar surface area (TPSA) is 95.6 Å². The fraction of sp³-hybridized carbons (Fsp3) is 0.250. The molecule has 0 saturated heterocycles. The lowest BCUT2D eigenvalue weighted by molar-refractivity contribution is 0.438. The van der Waals surface area contributed by atoms with E-state index in [9.17, 15) is 0 Å². The third-order valence-electron chi connectivity index (χ3n) is 2.56. The number of hydrogen-bond donors (Lipinski definition) is 1. The van der Waals surface area contributed by atoms with Gasteiger partial charge in [-0.2, -0.15) is 20.1 Å². The van der Waals surface area contributed by atoms with Crippen molar-refractivity contribution >= 4 is 5.95 Å². The Morgan fingerprint density at radius 3 is 2.86 bits per heavy atom. The lowest BCUT2D eigenvalue weighted by Crippen LogP contribution is -2.08. The number of ether oxygens (including phenoxy) is 1. The van der Waals surface area contributed by atoms with Crippen LogP contribution in [0, 0.1) is 0 Å². The molecule has 0 fully saturated rings. The molecule has 108 valence electrons. The van der Waals surface area contributed by atoms with Crippen molar-refractivity contribution in [2.45, 2.75) is 6.92 Å². The molecule has 0 radical (unpaired) electrons. The maximum Gasteiger partial charge on any atom is 0.328 e. The zero-order valence-corrected chi connectivity index (χ0v) is 11.6. The van der Waals surface area contributed by atoms with Crippen molar-refractivity contribution in [3.63, 3.8) is 0 Å². The van der Waals surface area contributed by atoms with Gasteiger partial charge in [0.2, 0.25) is 11.9 Å². The van der Waals surface area contributed by atoms with E-state index >= 15 is 0 Å². The summed E-state index contributed by atoms with van der Waals surface area (Å²) in [6, 6.07) is 0.192. The van der Waals surface area contributed by atoms with Gasteiger partial charge in [-0.15, -0.1) is 0 Å². The third-order valence-corrected chi connectivity index (χ3v) is 2.56. The van der Waals surface area contributed by atoms with Crippen LogP contribution in [-0.4, -0.2) is 40.8 Å². The number of rotatable bonds is 5. The molecule has 0 unspecified atom stereocenters. The number of imidazole rings is 1. The van der Waals surface area contributed by atoms with Crippen molar-refractivity contribution in [3.05, 3.63) is 31.1 Å². The Morgan fingerprint density at radius 1 is 1.29 bits per heavy atom. The maximum atomic E-state index is 5.61. The number of nitrogens with zero attached hydrogens (tertiary/aromatic N) is 7. The molecule has 0 aliphatic carbocycles. The molecule has 1 N–H and O–H groups in total. The van der Waals surface area contributed by atoms with Gasteiger partial charge >= 0.3 is 6.01 Å². The number of aryl methyl sites for hydroxylation is 1. The highest BCUT2D eigenvalue weighted by molar-refractivity contribution is 5.31. The van der Waals surface area contributed by atoms with E-state index in [2.05, 4.69) is 30.4 Å². The van der Waals surface area contributed by atoms with Crippen LogP contribution in [0.5, 0.6) is 11.8 Å². The summed E-state index contributed by atoms with van der Waals surface area (Å²) in [5, 5.41) is 7.08. The molecule has 0 spiro atoms. The van der Waals surface area contributed by atoms with E-state index in [4.69, 9.17) is 4.74 Å². The second-order valence-corrected chi connectivity index (χ2v) is 4.19. The van der Waals surface area contributed by atoms with Crippen molar-refractivity contribution < 1.29 is 4.74 Å². The van der Waals surface area contributed by atoms with Gasteiger partial charge < -0.3 is 10.1 Å². The second kappa shape index (κ2) is 5.57. The van der Waals surface area contributed by atoms with E-state index < -0.39 is 0 Å². The highest BCUT2D eigenvalue weighted by Gasteiger charge is 2.10. The molecule has 21 heavy (non-hydrogen) atoms. The molecule has 0 atom stereocenters. The molecule has 9 heteroatoms. The smallest absolute Gasteiger partial charge is 0.328 e. The Kier molecular flexibility index (Phi) is 3.46. The van der Waals surface area contributed by atoms with Crippen LogP contribution in [0.2, 0.25) is 0 Å². The highest BCUT2D eigenvalue weighted by atomic mass is 16.5. The lowest BCUT2D eigenvalue weighted by Gasteiger charge is -2.07. The molecular formula is C12H14N8O. The Balaban J connectivity index is 1.95. The predicted octanol–water partition coefficient (Wildman–Crippen LogP) is 1.01. The maximum absolute atomic E-state index is 5.61. The summed E-state index contributed by atoms with van der Waals surface area (Å²) >= 11 is 0. The molecule has 0 aliphatic rings. The van der Waals surface area contributed by atoms with Crippen LogP contribution in [0.1, 0.15) is 6.92 Å². The van der Waals surface area contributed by atoms with Gasteiger partial charge in [-0.05, 0) is 6.92 Å². The Hall–Kier alpha value is -2.97. The van der Waals surface area contributed by atoms with Crippen LogP contribution >= 0.6 is 0 Å². The molecule has 0 aliphatic heterocycles. The number of anilines is 1. The summed E-state index contributed by atoms with van der Waals surface area (Å²) < 4.78 is 8.92. The molecule has 0 aromatic carbocycles. The summed E-state index contributed by atoms with van der Waals surface area (Å²) in [7, 11) is 1.81. The van der Waals surface area contributed by atoms with Crippen LogP contribution in [0.4, 0.5) is 5.95 Å². The Morgan fingerprint density at radius 2 is 2.19 bits per heavy atom. The number of nitrogens with one attached hydrogen (secondary N) is 1. The highest BCUT2D eigenvalue weighted by Crippen LogP contribution is 2.18. The van der Waals surface area contributed by atoms with Crippen LogP contribution in [0.25, 0.3) is 5.95 Å². The van der Waals surface area contributed by atoms with Crippen LogP contribution in [0.15, 0.2) is 31.1 Å². The standard InChI is InChI=1S/C12H14N8O/c1-3-14-10-16-11(20-5-4-13-8-20)18-12(17-10)21-9-6-15-19(2)7-9/h4-8H,3H2,1-2H3,(H,14,16,17,18). The quantitative estimate of drug-likeness (QED) is 0.747. The first kappa shape index (κ1) is 13.0. The van der Waals surface area contributed by atoms with Crippen LogP contribution in [0.3, 0.4) is 0 Å². The van der Waals surface area contributed by atoms with E-state index in [1.807, 2.05) is 6.92 Å². The van der Waals surface area contributed by atoms with Gasteiger partial charge in [0, 0.05) is 26.0 Å². The molecule has 3 aromatic rings. The van der Waals surface area contributed by atoms with Crippen LogP contribution < -0.4 is 10.1 Å². The Labute approximate surface area is 120 Å². The summed E-state index contributed by atoms with van der Waals surface area (Å²) in [6.07, 6.45) is 8.33. The van der Waals surface area contributed by atoms with Crippen molar-refractivity contribution in [1.82, 2.24) is 34.3 Å². The predicted molar refractivity (Wildman–Crippen MR) is 74.4 cm³/mol. The van der Waals surface area contributed by atoms with Gasteiger partial charge in [0.15, 0.2) is 5.75 Å². The first-order valence-corrected chi connectivity index (χ1v) is 6.39. The monoisotopic (exact) mass is 286 g/mol. The van der Waals surface area contributed by atoms with E-state index in [0.717, 1.165) is 0 Å². The van der Waals surface area contributed by atoms with E-state index in [0.29, 0.717) is 24.2 Å². The minimum absolute atomic E-state index is 0.192. The first-order valence-electron chi connectivity index (χ1n) is 6.39. The zero-order chi connectivity index (χ0) is 14.7. The summed E-state index contributed by atoms with van der Waals surface area (Å²) in [4.78, 5) is 16.8. The van der Waals surface area contributed by atoms with Crippen molar-refractivity contribution in [1.29, 1.82) is 0 Å². The fourth-order valence-corrected chi connectivity index (χ4v) is 1.68. The van der Waals surface area contributed by atoms with Gasteiger partial charge in [0.1, 0.15) is 6.33 Å². The molecular weight excluding hydrogens is 272 g/mol. The van der Waals surface area contributed by atoms with Gasteiger partial charge in [-0.3, -0.25) is 9.25 Å². The van der Waals surface area contributed by atoms with Gasteiger partial charge in [-0.25, -0.2) is 4.98 Å². The molecule has 3 heterocycles. The summed E-state index contributed by atoms with van der Waals surface area (Å²) in [5.41, 5.74) is 0. The molecule has 3 rings (SSSR count). The van der Waals surface area contributed by atoms with Gasteiger partial charge in [-0.1, -0.05) is 0 Å². The van der Waals surface area contributed by atoms with Gasteiger partial charge in [0.05, 0.1) is 12.4 Å². The average molecular weight is 286 g/mol. The second-order valence-electron chi connectivity index (χ2n) is 4.19. The zero-order valence-electron chi connectivity index (χ0n) is 11.6.